The standard InChI is InChI=1S/C15H23FN2/c1-15(11-17,18-14-7-2-3-8-14)10-12-5-4-6-13(16)9-12/h4-6,9,14,18H,2-3,7-8,10-11,17H2,1H3. The van der Waals surface area contributed by atoms with E-state index in [1.54, 1.807) is 12.1 Å². The molecule has 0 spiro atoms. The molecule has 100 valence electrons. The fourth-order valence-electron chi connectivity index (χ4n) is 2.84. The van der Waals surface area contributed by atoms with Crippen molar-refractivity contribution in [2.24, 2.45) is 5.73 Å². The van der Waals surface area contributed by atoms with Crippen molar-refractivity contribution in [2.75, 3.05) is 6.54 Å². The second kappa shape index (κ2) is 5.81. The van der Waals surface area contributed by atoms with Crippen LogP contribution in [0.25, 0.3) is 0 Å². The summed E-state index contributed by atoms with van der Waals surface area (Å²) in [6.07, 6.45) is 5.85. The number of benzene rings is 1. The van der Waals surface area contributed by atoms with E-state index in [1.807, 2.05) is 6.07 Å². The van der Waals surface area contributed by atoms with E-state index in [2.05, 4.69) is 12.2 Å². The lowest BCUT2D eigenvalue weighted by molar-refractivity contribution is 0.313. The summed E-state index contributed by atoms with van der Waals surface area (Å²) in [5.41, 5.74) is 6.79. The summed E-state index contributed by atoms with van der Waals surface area (Å²) in [4.78, 5) is 0. The summed E-state index contributed by atoms with van der Waals surface area (Å²) in [5, 5.41) is 3.66. The molecule has 1 aromatic rings. The fraction of sp³-hybridized carbons (Fsp3) is 0.600. The van der Waals surface area contributed by atoms with Gasteiger partial charge in [-0.3, -0.25) is 0 Å². The average molecular weight is 250 g/mol. The maximum absolute atomic E-state index is 13.2. The first-order valence-electron chi connectivity index (χ1n) is 6.83. The Morgan fingerprint density at radius 2 is 2.11 bits per heavy atom. The molecule has 1 aliphatic carbocycles. The lowest BCUT2D eigenvalue weighted by atomic mass is 9.91. The summed E-state index contributed by atoms with van der Waals surface area (Å²) in [7, 11) is 0. The molecule has 0 aromatic heterocycles. The lowest BCUT2D eigenvalue weighted by Gasteiger charge is -2.33. The van der Waals surface area contributed by atoms with Crippen molar-refractivity contribution in [3.8, 4) is 0 Å². The lowest BCUT2D eigenvalue weighted by Crippen LogP contribution is -2.53. The molecule has 0 radical (unpaired) electrons. The Hall–Kier alpha value is -0.930. The average Bonchev–Trinajstić information content (AvgIpc) is 2.81. The summed E-state index contributed by atoms with van der Waals surface area (Å²) in [5.74, 6) is -0.173. The first-order chi connectivity index (χ1) is 8.61. The van der Waals surface area contributed by atoms with E-state index in [0.717, 1.165) is 12.0 Å². The predicted molar refractivity (Wildman–Crippen MR) is 73.0 cm³/mol. The molecule has 0 heterocycles. The van der Waals surface area contributed by atoms with Crippen LogP contribution in [0.2, 0.25) is 0 Å². The predicted octanol–water partition coefficient (Wildman–Crippen LogP) is 2.62. The first kappa shape index (κ1) is 13.5. The number of hydrogen-bond acceptors (Lipinski definition) is 2. The first-order valence-corrected chi connectivity index (χ1v) is 6.83. The fourth-order valence-corrected chi connectivity index (χ4v) is 2.84. The Morgan fingerprint density at radius 3 is 2.72 bits per heavy atom. The van der Waals surface area contributed by atoms with Crippen LogP contribution in [0.3, 0.4) is 0 Å². The number of nitrogens with two attached hydrogens (primary N) is 1. The van der Waals surface area contributed by atoms with Crippen LogP contribution in [0.4, 0.5) is 4.39 Å². The molecule has 2 rings (SSSR count). The van der Waals surface area contributed by atoms with Crippen LogP contribution < -0.4 is 11.1 Å². The molecule has 0 amide bonds. The monoisotopic (exact) mass is 250 g/mol. The van der Waals surface area contributed by atoms with Gasteiger partial charge in [-0.2, -0.15) is 0 Å². The Labute approximate surface area is 109 Å². The van der Waals surface area contributed by atoms with Gasteiger partial charge in [0.15, 0.2) is 0 Å². The minimum atomic E-state index is -0.173. The highest BCUT2D eigenvalue weighted by atomic mass is 19.1. The molecule has 1 saturated carbocycles. The molecule has 1 unspecified atom stereocenters. The third kappa shape index (κ3) is 3.53. The van der Waals surface area contributed by atoms with E-state index >= 15 is 0 Å². The molecule has 0 saturated heterocycles. The summed E-state index contributed by atoms with van der Waals surface area (Å²) >= 11 is 0. The highest BCUT2D eigenvalue weighted by Crippen LogP contribution is 2.22. The van der Waals surface area contributed by atoms with Gasteiger partial charge in [0.2, 0.25) is 0 Å². The maximum atomic E-state index is 13.2. The van der Waals surface area contributed by atoms with Gasteiger partial charge < -0.3 is 11.1 Å². The van der Waals surface area contributed by atoms with Gasteiger partial charge in [-0.05, 0) is 43.9 Å². The van der Waals surface area contributed by atoms with Crippen LogP contribution in [-0.4, -0.2) is 18.1 Å². The molecule has 1 aliphatic rings. The van der Waals surface area contributed by atoms with Gasteiger partial charge in [-0.25, -0.2) is 4.39 Å². The number of nitrogens with one attached hydrogen (secondary N) is 1. The Kier molecular flexibility index (Phi) is 4.36. The molecule has 1 fully saturated rings. The summed E-state index contributed by atoms with van der Waals surface area (Å²) in [6.45, 7) is 2.70. The normalized spacial score (nSPS) is 19.9. The van der Waals surface area contributed by atoms with Gasteiger partial charge >= 0.3 is 0 Å². The van der Waals surface area contributed by atoms with Gasteiger partial charge in [0, 0.05) is 18.1 Å². The molecule has 2 nitrogen and oxygen atoms in total. The van der Waals surface area contributed by atoms with Crippen LogP contribution in [0, 0.1) is 5.82 Å². The zero-order chi connectivity index (χ0) is 13.0. The van der Waals surface area contributed by atoms with E-state index in [0.29, 0.717) is 12.6 Å². The largest absolute Gasteiger partial charge is 0.329 e. The van der Waals surface area contributed by atoms with E-state index in [-0.39, 0.29) is 11.4 Å². The second-order valence-corrected chi connectivity index (χ2v) is 5.70. The van der Waals surface area contributed by atoms with Gasteiger partial charge in [0.05, 0.1) is 0 Å². The van der Waals surface area contributed by atoms with Gasteiger partial charge in [0.25, 0.3) is 0 Å². The zero-order valence-corrected chi connectivity index (χ0v) is 11.1. The van der Waals surface area contributed by atoms with Crippen molar-refractivity contribution in [3.05, 3.63) is 35.6 Å². The van der Waals surface area contributed by atoms with Crippen molar-refractivity contribution in [1.82, 2.24) is 5.32 Å². The molecule has 1 atom stereocenters. The molecular weight excluding hydrogens is 227 g/mol. The number of halogens is 1. The Bertz CT molecular complexity index is 388. The zero-order valence-electron chi connectivity index (χ0n) is 11.1. The molecule has 3 heteroatoms. The smallest absolute Gasteiger partial charge is 0.123 e. The van der Waals surface area contributed by atoms with Crippen LogP contribution in [0.5, 0.6) is 0 Å². The molecule has 3 N–H and O–H groups in total. The number of hydrogen-bond donors (Lipinski definition) is 2. The van der Waals surface area contributed by atoms with Crippen molar-refractivity contribution >= 4 is 0 Å². The maximum Gasteiger partial charge on any atom is 0.123 e. The highest BCUT2D eigenvalue weighted by molar-refractivity contribution is 5.19. The molecule has 0 bridgehead atoms. The topological polar surface area (TPSA) is 38.0 Å². The minimum absolute atomic E-state index is 0.136. The van der Waals surface area contributed by atoms with E-state index in [9.17, 15) is 4.39 Å². The van der Waals surface area contributed by atoms with Crippen LogP contribution in [0.1, 0.15) is 38.2 Å². The molecule has 0 aliphatic heterocycles. The van der Waals surface area contributed by atoms with E-state index < -0.39 is 0 Å². The second-order valence-electron chi connectivity index (χ2n) is 5.70. The summed E-state index contributed by atoms with van der Waals surface area (Å²) in [6, 6.07) is 7.38. The van der Waals surface area contributed by atoms with Crippen LogP contribution >= 0.6 is 0 Å². The Balaban J connectivity index is 2.02. The van der Waals surface area contributed by atoms with Crippen LogP contribution in [0.15, 0.2) is 24.3 Å². The van der Waals surface area contributed by atoms with Gasteiger partial charge in [-0.15, -0.1) is 0 Å². The van der Waals surface area contributed by atoms with Crippen molar-refractivity contribution in [1.29, 1.82) is 0 Å². The van der Waals surface area contributed by atoms with E-state index in [4.69, 9.17) is 5.73 Å². The highest BCUT2D eigenvalue weighted by Gasteiger charge is 2.27. The minimum Gasteiger partial charge on any atom is -0.329 e. The summed E-state index contributed by atoms with van der Waals surface area (Å²) < 4.78 is 13.2. The SMILES string of the molecule is CC(CN)(Cc1cccc(F)c1)NC1CCCC1. The molecular formula is C15H23FN2. The van der Waals surface area contributed by atoms with Gasteiger partial charge in [-0.1, -0.05) is 25.0 Å². The van der Waals surface area contributed by atoms with Crippen molar-refractivity contribution in [2.45, 2.75) is 50.6 Å². The molecule has 1 aromatic carbocycles. The molecule has 18 heavy (non-hydrogen) atoms. The van der Waals surface area contributed by atoms with Crippen molar-refractivity contribution < 1.29 is 4.39 Å². The third-order valence-electron chi connectivity index (χ3n) is 3.84. The quantitative estimate of drug-likeness (QED) is 0.843. The Morgan fingerprint density at radius 1 is 1.39 bits per heavy atom. The van der Waals surface area contributed by atoms with Crippen molar-refractivity contribution in [3.63, 3.8) is 0 Å². The third-order valence-corrected chi connectivity index (χ3v) is 3.84. The van der Waals surface area contributed by atoms with E-state index in [1.165, 1.54) is 31.7 Å². The van der Waals surface area contributed by atoms with Gasteiger partial charge in [0.1, 0.15) is 5.82 Å². The number of rotatable bonds is 5. The van der Waals surface area contributed by atoms with Crippen LogP contribution in [-0.2, 0) is 6.42 Å².